The van der Waals surface area contributed by atoms with Gasteiger partial charge in [0, 0.05) is 31.8 Å². The molecule has 1 aromatic carbocycles. The molecule has 0 aromatic heterocycles. The van der Waals surface area contributed by atoms with Gasteiger partial charge >= 0.3 is 0 Å². The summed E-state index contributed by atoms with van der Waals surface area (Å²) in [5, 5.41) is 9.87. The van der Waals surface area contributed by atoms with Crippen LogP contribution in [0.5, 0.6) is 5.75 Å². The number of amidine groups is 1. The van der Waals surface area contributed by atoms with Crippen LogP contribution >= 0.6 is 0 Å². The Balaban J connectivity index is 1.08. The molecule has 3 heterocycles. The van der Waals surface area contributed by atoms with Gasteiger partial charge < -0.3 is 20.0 Å². The number of hydrazone groups is 1. The quantitative estimate of drug-likeness (QED) is 0.316. The van der Waals surface area contributed by atoms with Crippen molar-refractivity contribution in [3.05, 3.63) is 53.9 Å². The zero-order valence-corrected chi connectivity index (χ0v) is 21.4. The third kappa shape index (κ3) is 5.86. The molecular weight excluding hydrogens is 452 g/mol. The van der Waals surface area contributed by atoms with Gasteiger partial charge in [-0.25, -0.2) is 5.43 Å². The van der Waals surface area contributed by atoms with E-state index in [2.05, 4.69) is 80.8 Å². The first-order chi connectivity index (χ1) is 17.7. The molecule has 8 nitrogen and oxygen atoms in total. The van der Waals surface area contributed by atoms with Gasteiger partial charge in [0.15, 0.2) is 0 Å². The first-order valence-corrected chi connectivity index (χ1v) is 13.7. The highest BCUT2D eigenvalue weighted by atomic mass is 16.5. The van der Waals surface area contributed by atoms with Crippen LogP contribution in [0.1, 0.15) is 82.7 Å². The van der Waals surface area contributed by atoms with Gasteiger partial charge in [-0.05, 0) is 62.6 Å². The van der Waals surface area contributed by atoms with Crippen molar-refractivity contribution in [2.45, 2.75) is 89.4 Å². The summed E-state index contributed by atoms with van der Waals surface area (Å²) < 4.78 is 5.81. The minimum absolute atomic E-state index is 0.0699. The number of amides is 1. The van der Waals surface area contributed by atoms with Crippen LogP contribution in [0.25, 0.3) is 0 Å². The number of hydrogen-bond acceptors (Lipinski definition) is 7. The summed E-state index contributed by atoms with van der Waals surface area (Å²) in [7, 11) is 0. The average Bonchev–Trinajstić information content (AvgIpc) is 3.53. The molecule has 1 aliphatic carbocycles. The molecular formula is C28H40N6O2. The van der Waals surface area contributed by atoms with Gasteiger partial charge in [0.05, 0.1) is 18.7 Å². The molecule has 0 saturated carbocycles. The topological polar surface area (TPSA) is 81.2 Å². The lowest BCUT2D eigenvalue weighted by atomic mass is 9.97. The molecule has 1 amide bonds. The maximum Gasteiger partial charge on any atom is 0.220 e. The molecule has 3 N–H and O–H groups in total. The van der Waals surface area contributed by atoms with Crippen LogP contribution in [0, 0.1) is 0 Å². The van der Waals surface area contributed by atoms with E-state index in [0.29, 0.717) is 12.8 Å². The first-order valence-electron chi connectivity index (χ1n) is 13.7. The number of fused-ring (bicyclic) bond motifs is 3. The van der Waals surface area contributed by atoms with E-state index in [1.54, 1.807) is 0 Å². The van der Waals surface area contributed by atoms with Gasteiger partial charge in [-0.15, -0.1) is 0 Å². The predicted molar refractivity (Wildman–Crippen MR) is 142 cm³/mol. The maximum absolute atomic E-state index is 12.4. The molecule has 1 aromatic rings. The summed E-state index contributed by atoms with van der Waals surface area (Å²) >= 11 is 0. The number of nitrogens with one attached hydrogen (secondary N) is 3. The fourth-order valence-corrected chi connectivity index (χ4v) is 5.47. The second kappa shape index (κ2) is 11.8. The minimum Gasteiger partial charge on any atom is -0.494 e. The molecule has 0 spiro atoms. The molecule has 0 radical (unpaired) electrons. The van der Waals surface area contributed by atoms with Crippen molar-refractivity contribution < 1.29 is 9.53 Å². The van der Waals surface area contributed by atoms with Crippen LogP contribution < -0.4 is 20.9 Å². The maximum atomic E-state index is 12.4. The van der Waals surface area contributed by atoms with Crippen molar-refractivity contribution in [2.24, 2.45) is 5.10 Å². The van der Waals surface area contributed by atoms with Crippen LogP contribution in [-0.2, 0) is 4.79 Å². The fourth-order valence-electron chi connectivity index (χ4n) is 5.47. The smallest absolute Gasteiger partial charge is 0.220 e. The van der Waals surface area contributed by atoms with E-state index in [9.17, 15) is 4.79 Å². The number of ether oxygens (including phenoxy) is 1. The second-order valence-electron chi connectivity index (χ2n) is 10.2. The van der Waals surface area contributed by atoms with Crippen LogP contribution in [-0.4, -0.2) is 47.0 Å². The molecule has 3 atom stereocenters. The molecule has 3 unspecified atom stereocenters. The number of rotatable bonds is 11. The van der Waals surface area contributed by atoms with Gasteiger partial charge in [0.25, 0.3) is 0 Å². The lowest BCUT2D eigenvalue weighted by Crippen LogP contribution is -2.54. The van der Waals surface area contributed by atoms with E-state index in [4.69, 9.17) is 4.74 Å². The Morgan fingerprint density at radius 1 is 1.19 bits per heavy atom. The number of allylic oxidation sites excluding steroid dienone is 1. The van der Waals surface area contributed by atoms with E-state index in [1.165, 1.54) is 36.8 Å². The Kier molecular flexibility index (Phi) is 8.11. The van der Waals surface area contributed by atoms with Gasteiger partial charge in [-0.3, -0.25) is 10.2 Å². The van der Waals surface area contributed by atoms with Gasteiger partial charge in [-0.2, -0.15) is 5.10 Å². The zero-order valence-electron chi connectivity index (χ0n) is 21.4. The summed E-state index contributed by atoms with van der Waals surface area (Å²) in [6.07, 6.45) is 16.8. The van der Waals surface area contributed by atoms with Crippen molar-refractivity contribution >= 4 is 11.7 Å². The molecule has 0 bridgehead atoms. The largest absolute Gasteiger partial charge is 0.494 e. The highest BCUT2D eigenvalue weighted by Gasteiger charge is 2.44. The molecule has 8 heteroatoms. The van der Waals surface area contributed by atoms with Crippen molar-refractivity contribution in [1.82, 2.24) is 26.1 Å². The lowest BCUT2D eigenvalue weighted by molar-refractivity contribution is -0.120. The van der Waals surface area contributed by atoms with E-state index in [1.807, 2.05) is 0 Å². The number of nitrogens with zero attached hydrogens (tertiary/aromatic N) is 3. The molecule has 194 valence electrons. The zero-order chi connectivity index (χ0) is 24.7. The van der Waals surface area contributed by atoms with Crippen molar-refractivity contribution in [1.29, 1.82) is 0 Å². The first kappa shape index (κ1) is 24.7. The highest BCUT2D eigenvalue weighted by molar-refractivity contribution is 5.89. The predicted octanol–water partition coefficient (Wildman–Crippen LogP) is 4.30. The summed E-state index contributed by atoms with van der Waals surface area (Å²) in [6.45, 7) is 3.67. The minimum atomic E-state index is 0.0699. The molecule has 5 rings (SSSR count). The lowest BCUT2D eigenvalue weighted by Gasteiger charge is -2.37. The Morgan fingerprint density at radius 3 is 2.89 bits per heavy atom. The van der Waals surface area contributed by atoms with E-state index in [0.717, 1.165) is 50.4 Å². The average molecular weight is 493 g/mol. The Hall–Kier alpha value is -3.00. The SMILES string of the molecule is CCCCOc1ccc(C2CC3C4NN=C(CCC(=O)NCCC5=CCCCC5)N4C=CN3N2)cc1. The third-order valence-corrected chi connectivity index (χ3v) is 7.59. The number of benzene rings is 1. The number of unbranched alkanes of at least 4 members (excludes halogenated alkanes) is 1. The van der Waals surface area contributed by atoms with Gasteiger partial charge in [0.1, 0.15) is 17.8 Å². The standard InChI is InChI=1S/C28H40N6O2/c1-2-3-19-36-23-11-9-22(10-12-23)24-20-25-28-31-30-26(33(28)17-18-34(25)32-24)13-14-27(35)29-16-15-21-7-5-4-6-8-21/h7,9-12,17-18,24-25,28,31-32H,2-6,8,13-16,19-20H2,1H3,(H,29,35). The fraction of sp³-hybridized carbons (Fsp3) is 0.571. The van der Waals surface area contributed by atoms with Crippen LogP contribution in [0.4, 0.5) is 0 Å². The van der Waals surface area contributed by atoms with E-state index in [-0.39, 0.29) is 24.2 Å². The molecule has 1 fully saturated rings. The Bertz CT molecular complexity index is 988. The van der Waals surface area contributed by atoms with Crippen LogP contribution in [0.3, 0.4) is 0 Å². The Morgan fingerprint density at radius 2 is 2.08 bits per heavy atom. The number of hydrogen-bond donors (Lipinski definition) is 3. The molecule has 36 heavy (non-hydrogen) atoms. The normalized spacial score (nSPS) is 24.5. The monoisotopic (exact) mass is 492 g/mol. The summed E-state index contributed by atoms with van der Waals surface area (Å²) in [5.74, 6) is 1.96. The van der Waals surface area contributed by atoms with Crippen molar-refractivity contribution in [3.8, 4) is 5.75 Å². The molecule has 4 aliphatic rings. The van der Waals surface area contributed by atoms with E-state index < -0.39 is 0 Å². The summed E-state index contributed by atoms with van der Waals surface area (Å²) in [5.41, 5.74) is 9.70. The molecule has 3 aliphatic heterocycles. The van der Waals surface area contributed by atoms with Crippen LogP contribution in [0.2, 0.25) is 0 Å². The number of hydrazine groups is 1. The third-order valence-electron chi connectivity index (χ3n) is 7.59. The van der Waals surface area contributed by atoms with Crippen LogP contribution in [0.15, 0.2) is 53.4 Å². The summed E-state index contributed by atoms with van der Waals surface area (Å²) in [6, 6.07) is 8.94. The van der Waals surface area contributed by atoms with E-state index >= 15 is 0 Å². The Labute approximate surface area is 214 Å². The van der Waals surface area contributed by atoms with Gasteiger partial charge in [-0.1, -0.05) is 37.1 Å². The number of carbonyl (C=O) groups is 1. The van der Waals surface area contributed by atoms with Crippen molar-refractivity contribution in [3.63, 3.8) is 0 Å². The highest BCUT2D eigenvalue weighted by Crippen LogP contribution is 2.34. The second-order valence-corrected chi connectivity index (χ2v) is 10.2. The summed E-state index contributed by atoms with van der Waals surface area (Å²) in [4.78, 5) is 14.6. The number of carbonyl (C=O) groups excluding carboxylic acids is 1. The van der Waals surface area contributed by atoms with Gasteiger partial charge in [0.2, 0.25) is 5.91 Å². The van der Waals surface area contributed by atoms with Crippen molar-refractivity contribution in [2.75, 3.05) is 13.2 Å². The molecule has 1 saturated heterocycles.